The summed E-state index contributed by atoms with van der Waals surface area (Å²) < 4.78 is 26.4. The van der Waals surface area contributed by atoms with Gasteiger partial charge in [-0.15, -0.1) is 11.3 Å². The van der Waals surface area contributed by atoms with Gasteiger partial charge in [0, 0.05) is 10.6 Å². The minimum absolute atomic E-state index is 0.161. The van der Waals surface area contributed by atoms with E-state index in [1.807, 2.05) is 17.5 Å². The highest BCUT2D eigenvalue weighted by Gasteiger charge is 2.46. The Morgan fingerprint density at radius 2 is 1.61 bits per heavy atom. The Labute approximate surface area is 180 Å². The largest absolute Gasteiger partial charge is 0.332 e. The van der Waals surface area contributed by atoms with E-state index in [0.717, 1.165) is 21.9 Å². The van der Waals surface area contributed by atoms with E-state index in [1.54, 1.807) is 0 Å². The molecule has 1 fully saturated rings. The number of thiophene rings is 1. The van der Waals surface area contributed by atoms with Crippen molar-refractivity contribution >= 4 is 40.6 Å². The van der Waals surface area contributed by atoms with E-state index in [-0.39, 0.29) is 18.7 Å². The van der Waals surface area contributed by atoms with Crippen molar-refractivity contribution in [3.8, 4) is 0 Å². The third-order valence-electron chi connectivity index (χ3n) is 4.82. The van der Waals surface area contributed by atoms with Gasteiger partial charge in [-0.05, 0) is 60.0 Å². The van der Waals surface area contributed by atoms with Crippen LogP contribution in [0.5, 0.6) is 0 Å². The summed E-state index contributed by atoms with van der Waals surface area (Å²) >= 11 is 1.43. The smallest absolute Gasteiger partial charge is 0.326 e. The van der Waals surface area contributed by atoms with Crippen LogP contribution in [0.4, 0.5) is 25.0 Å². The van der Waals surface area contributed by atoms with Crippen LogP contribution >= 0.6 is 11.3 Å². The van der Waals surface area contributed by atoms with E-state index < -0.39 is 35.5 Å². The number of imide groups is 1. The lowest BCUT2D eigenvalue weighted by molar-refractivity contribution is -0.124. The number of nitrogens with zero attached hydrogens (tertiary/aromatic N) is 2. The number of benzene rings is 2. The monoisotopic (exact) mass is 441 g/mol. The molecule has 2 heterocycles. The highest BCUT2D eigenvalue weighted by atomic mass is 32.1. The molecule has 1 saturated heterocycles. The standard InChI is InChI=1S/C22H17F2N3O3S/c23-14-3-7-16(8-4-14)25-20(28)12-19-21(29)27(17-9-5-15(24)6-10-17)22(30)26(19)13-18-2-1-11-31-18/h1-11,19H,12-13H2,(H,25,28)/t19-/m0/s1. The maximum absolute atomic E-state index is 13.3. The molecule has 4 amide bonds. The van der Waals surface area contributed by atoms with Gasteiger partial charge in [-0.3, -0.25) is 9.59 Å². The molecular formula is C22H17F2N3O3S. The van der Waals surface area contributed by atoms with Crippen molar-refractivity contribution in [1.82, 2.24) is 4.90 Å². The summed E-state index contributed by atoms with van der Waals surface area (Å²) in [5, 5.41) is 4.46. The number of hydrogen-bond donors (Lipinski definition) is 1. The molecule has 1 N–H and O–H groups in total. The molecule has 2 aromatic carbocycles. The van der Waals surface area contributed by atoms with Crippen LogP contribution in [0, 0.1) is 11.6 Å². The van der Waals surface area contributed by atoms with E-state index in [4.69, 9.17) is 0 Å². The fourth-order valence-electron chi connectivity index (χ4n) is 3.33. The average molecular weight is 441 g/mol. The summed E-state index contributed by atoms with van der Waals surface area (Å²) in [4.78, 5) is 41.9. The molecule has 0 bridgehead atoms. The van der Waals surface area contributed by atoms with Crippen LogP contribution in [0.15, 0.2) is 66.0 Å². The molecule has 1 aromatic heterocycles. The molecule has 158 valence electrons. The average Bonchev–Trinajstić information content (AvgIpc) is 3.33. The molecule has 0 unspecified atom stereocenters. The fourth-order valence-corrected chi connectivity index (χ4v) is 4.04. The highest BCUT2D eigenvalue weighted by molar-refractivity contribution is 7.09. The number of rotatable bonds is 6. The van der Waals surface area contributed by atoms with E-state index in [0.29, 0.717) is 5.69 Å². The van der Waals surface area contributed by atoms with Gasteiger partial charge in [0.15, 0.2) is 0 Å². The minimum atomic E-state index is -1.03. The molecular weight excluding hydrogens is 424 g/mol. The number of nitrogens with one attached hydrogen (secondary N) is 1. The van der Waals surface area contributed by atoms with Crippen LogP contribution in [0.2, 0.25) is 0 Å². The Balaban J connectivity index is 1.58. The Morgan fingerprint density at radius 1 is 0.968 bits per heavy atom. The SMILES string of the molecule is O=C(C[C@H]1C(=O)N(c2ccc(F)cc2)C(=O)N1Cc1cccs1)Nc1ccc(F)cc1. The van der Waals surface area contributed by atoms with E-state index in [2.05, 4.69) is 5.32 Å². The highest BCUT2D eigenvalue weighted by Crippen LogP contribution is 2.29. The van der Waals surface area contributed by atoms with E-state index in [1.165, 1.54) is 52.6 Å². The van der Waals surface area contributed by atoms with Crippen LogP contribution in [-0.2, 0) is 16.1 Å². The summed E-state index contributed by atoms with van der Waals surface area (Å²) in [6.07, 6.45) is -0.273. The third kappa shape index (κ3) is 4.46. The zero-order chi connectivity index (χ0) is 22.0. The quantitative estimate of drug-likeness (QED) is 0.577. The maximum atomic E-state index is 13.3. The summed E-state index contributed by atoms with van der Waals surface area (Å²) in [6.45, 7) is 0.161. The van der Waals surface area contributed by atoms with E-state index in [9.17, 15) is 23.2 Å². The topological polar surface area (TPSA) is 69.7 Å². The predicted molar refractivity (Wildman–Crippen MR) is 113 cm³/mol. The molecule has 4 rings (SSSR count). The first-order chi connectivity index (χ1) is 14.9. The molecule has 31 heavy (non-hydrogen) atoms. The van der Waals surface area contributed by atoms with Gasteiger partial charge >= 0.3 is 6.03 Å². The maximum Gasteiger partial charge on any atom is 0.332 e. The Bertz CT molecular complexity index is 1100. The van der Waals surface area contributed by atoms with Gasteiger partial charge in [0.2, 0.25) is 5.91 Å². The van der Waals surface area contributed by atoms with Gasteiger partial charge in [-0.25, -0.2) is 18.5 Å². The molecule has 6 nitrogen and oxygen atoms in total. The lowest BCUT2D eigenvalue weighted by atomic mass is 10.1. The number of hydrogen-bond acceptors (Lipinski definition) is 4. The molecule has 1 aliphatic rings. The second-order valence-electron chi connectivity index (χ2n) is 6.91. The number of carbonyl (C=O) groups excluding carboxylic acids is 3. The normalized spacial score (nSPS) is 16.1. The second-order valence-corrected chi connectivity index (χ2v) is 7.95. The predicted octanol–water partition coefficient (Wildman–Crippen LogP) is 4.39. The summed E-state index contributed by atoms with van der Waals surface area (Å²) in [6, 6.07) is 12.3. The number of carbonyl (C=O) groups is 3. The Morgan fingerprint density at radius 3 is 2.23 bits per heavy atom. The number of halogens is 2. The number of urea groups is 1. The number of amides is 4. The zero-order valence-electron chi connectivity index (χ0n) is 16.1. The second kappa shape index (κ2) is 8.65. The molecule has 0 spiro atoms. The third-order valence-corrected chi connectivity index (χ3v) is 5.68. The van der Waals surface area contributed by atoms with Gasteiger partial charge < -0.3 is 10.2 Å². The first kappa shape index (κ1) is 20.7. The zero-order valence-corrected chi connectivity index (χ0v) is 16.9. The molecule has 0 aliphatic carbocycles. The molecule has 9 heteroatoms. The lowest BCUT2D eigenvalue weighted by Gasteiger charge is -2.21. The van der Waals surface area contributed by atoms with Crippen LogP contribution in [0.1, 0.15) is 11.3 Å². The van der Waals surface area contributed by atoms with Crippen molar-refractivity contribution < 1.29 is 23.2 Å². The molecule has 1 aliphatic heterocycles. The molecule has 1 atom stereocenters. The summed E-state index contributed by atoms with van der Waals surface area (Å²) in [7, 11) is 0. The van der Waals surface area contributed by atoms with Crippen LogP contribution < -0.4 is 10.2 Å². The van der Waals surface area contributed by atoms with Crippen molar-refractivity contribution in [2.24, 2.45) is 0 Å². The van der Waals surface area contributed by atoms with Crippen molar-refractivity contribution in [2.45, 2.75) is 19.0 Å². The Kier molecular flexibility index (Phi) is 5.77. The van der Waals surface area contributed by atoms with Crippen LogP contribution in [-0.4, -0.2) is 28.8 Å². The van der Waals surface area contributed by atoms with Crippen LogP contribution in [0.25, 0.3) is 0 Å². The van der Waals surface area contributed by atoms with Crippen molar-refractivity contribution in [1.29, 1.82) is 0 Å². The van der Waals surface area contributed by atoms with Crippen LogP contribution in [0.3, 0.4) is 0 Å². The van der Waals surface area contributed by atoms with Crippen molar-refractivity contribution in [2.75, 3.05) is 10.2 Å². The molecule has 0 radical (unpaired) electrons. The first-order valence-electron chi connectivity index (χ1n) is 9.40. The molecule has 0 saturated carbocycles. The van der Waals surface area contributed by atoms with Gasteiger partial charge in [0.1, 0.15) is 17.7 Å². The summed E-state index contributed by atoms with van der Waals surface area (Å²) in [5.41, 5.74) is 0.609. The number of anilines is 2. The van der Waals surface area contributed by atoms with Crippen molar-refractivity contribution in [3.63, 3.8) is 0 Å². The Hall–Kier alpha value is -3.59. The van der Waals surface area contributed by atoms with Gasteiger partial charge in [0.25, 0.3) is 5.91 Å². The minimum Gasteiger partial charge on any atom is -0.326 e. The van der Waals surface area contributed by atoms with Crippen molar-refractivity contribution in [3.05, 3.63) is 82.6 Å². The van der Waals surface area contributed by atoms with E-state index >= 15 is 0 Å². The van der Waals surface area contributed by atoms with Gasteiger partial charge in [0.05, 0.1) is 18.7 Å². The van der Waals surface area contributed by atoms with Gasteiger partial charge in [-0.1, -0.05) is 6.07 Å². The summed E-state index contributed by atoms with van der Waals surface area (Å²) in [5.74, 6) is -1.99. The first-order valence-corrected chi connectivity index (χ1v) is 10.3. The molecule has 3 aromatic rings. The lowest BCUT2D eigenvalue weighted by Crippen LogP contribution is -2.37. The fraction of sp³-hybridized carbons (Fsp3) is 0.136. The van der Waals surface area contributed by atoms with Gasteiger partial charge in [-0.2, -0.15) is 0 Å².